The predicted molar refractivity (Wildman–Crippen MR) is 63.2 cm³/mol. The van der Waals surface area contributed by atoms with Crippen LogP contribution in [0.3, 0.4) is 0 Å². The number of hydrogen-bond donors (Lipinski definition) is 1. The number of nitrogens with two attached hydrogens (primary N) is 1. The van der Waals surface area contributed by atoms with Gasteiger partial charge >= 0.3 is 0 Å². The molecule has 1 heteroatoms. The summed E-state index contributed by atoms with van der Waals surface area (Å²) in [7, 11) is 0. The van der Waals surface area contributed by atoms with Crippen LogP contribution in [0.25, 0.3) is 6.08 Å². The number of rotatable bonds is 2. The summed E-state index contributed by atoms with van der Waals surface area (Å²) >= 11 is 0. The molecule has 0 amide bonds. The van der Waals surface area contributed by atoms with Crippen LogP contribution in [0.5, 0.6) is 0 Å². The molecule has 76 valence electrons. The van der Waals surface area contributed by atoms with Gasteiger partial charge in [-0.2, -0.15) is 0 Å². The molecule has 1 nitrogen and oxygen atoms in total. The van der Waals surface area contributed by atoms with Crippen LogP contribution >= 0.6 is 0 Å². The maximum Gasteiger partial charge on any atom is 0.0110 e. The zero-order valence-corrected chi connectivity index (χ0v) is 9.25. The monoisotopic (exact) mass is 189 g/mol. The second kappa shape index (κ2) is 4.43. The fourth-order valence-electron chi connectivity index (χ4n) is 1.52. The van der Waals surface area contributed by atoms with Crippen LogP contribution in [0.2, 0.25) is 0 Å². The summed E-state index contributed by atoms with van der Waals surface area (Å²) in [5.41, 5.74) is 8.27. The lowest BCUT2D eigenvalue weighted by atomic mass is 9.84. The number of benzene rings is 1. The van der Waals surface area contributed by atoms with Crippen molar-refractivity contribution in [1.82, 2.24) is 0 Å². The van der Waals surface area contributed by atoms with Gasteiger partial charge in [-0.05, 0) is 16.5 Å². The topological polar surface area (TPSA) is 26.0 Å². The summed E-state index contributed by atoms with van der Waals surface area (Å²) in [6.07, 6.45) is 4.09. The summed E-state index contributed by atoms with van der Waals surface area (Å²) in [5.74, 6) is 0. The lowest BCUT2D eigenvalue weighted by Gasteiger charge is -2.21. The quantitative estimate of drug-likeness (QED) is 0.760. The Morgan fingerprint density at radius 3 is 2.43 bits per heavy atom. The van der Waals surface area contributed by atoms with E-state index in [2.05, 4.69) is 51.1 Å². The van der Waals surface area contributed by atoms with Crippen molar-refractivity contribution in [3.8, 4) is 0 Å². The van der Waals surface area contributed by atoms with Gasteiger partial charge in [0, 0.05) is 6.54 Å². The molecular weight excluding hydrogens is 170 g/mol. The van der Waals surface area contributed by atoms with Crippen molar-refractivity contribution in [1.29, 1.82) is 0 Å². The first kappa shape index (κ1) is 11.0. The van der Waals surface area contributed by atoms with Crippen molar-refractivity contribution in [2.75, 3.05) is 6.54 Å². The molecule has 0 saturated heterocycles. The SMILES string of the molecule is CC(C)(C)c1ccccc1C=CCN. The van der Waals surface area contributed by atoms with Gasteiger partial charge in [0.1, 0.15) is 0 Å². The smallest absolute Gasteiger partial charge is 0.0110 e. The number of hydrogen-bond acceptors (Lipinski definition) is 1. The van der Waals surface area contributed by atoms with Gasteiger partial charge in [0.2, 0.25) is 0 Å². The maximum atomic E-state index is 5.45. The third-order valence-electron chi connectivity index (χ3n) is 2.20. The maximum absolute atomic E-state index is 5.45. The zero-order valence-electron chi connectivity index (χ0n) is 9.25. The molecule has 0 heterocycles. The van der Waals surface area contributed by atoms with Crippen LogP contribution in [0.15, 0.2) is 30.3 Å². The van der Waals surface area contributed by atoms with Crippen LogP contribution in [0.4, 0.5) is 0 Å². The van der Waals surface area contributed by atoms with Gasteiger partial charge in [-0.3, -0.25) is 0 Å². The molecule has 0 atom stereocenters. The second-order valence-corrected chi connectivity index (χ2v) is 4.48. The van der Waals surface area contributed by atoms with Crippen molar-refractivity contribution < 1.29 is 0 Å². The van der Waals surface area contributed by atoms with Crippen LogP contribution in [-0.2, 0) is 5.41 Å². The Morgan fingerprint density at radius 2 is 1.86 bits per heavy atom. The van der Waals surface area contributed by atoms with E-state index in [1.165, 1.54) is 11.1 Å². The molecule has 0 saturated carbocycles. The van der Waals surface area contributed by atoms with Gasteiger partial charge in [0.25, 0.3) is 0 Å². The highest BCUT2D eigenvalue weighted by Crippen LogP contribution is 2.26. The normalized spacial score (nSPS) is 12.3. The largest absolute Gasteiger partial charge is 0.327 e. The summed E-state index contributed by atoms with van der Waals surface area (Å²) in [4.78, 5) is 0. The summed E-state index contributed by atoms with van der Waals surface area (Å²) < 4.78 is 0. The summed E-state index contributed by atoms with van der Waals surface area (Å²) in [6, 6.07) is 8.45. The van der Waals surface area contributed by atoms with Crippen molar-refractivity contribution >= 4 is 6.08 Å². The molecule has 1 aromatic rings. The van der Waals surface area contributed by atoms with E-state index in [-0.39, 0.29) is 5.41 Å². The second-order valence-electron chi connectivity index (χ2n) is 4.48. The Bertz CT molecular complexity index is 318. The van der Waals surface area contributed by atoms with Crippen LogP contribution in [0.1, 0.15) is 31.9 Å². The highest BCUT2D eigenvalue weighted by atomic mass is 14.5. The standard InChI is InChI=1S/C13H19N/c1-13(2,3)12-9-5-4-7-11(12)8-6-10-14/h4-9H,10,14H2,1-3H3. The average Bonchev–Trinajstić information content (AvgIpc) is 2.14. The Balaban J connectivity index is 3.10. The average molecular weight is 189 g/mol. The Kier molecular flexibility index (Phi) is 3.48. The van der Waals surface area contributed by atoms with E-state index in [4.69, 9.17) is 5.73 Å². The van der Waals surface area contributed by atoms with Gasteiger partial charge in [0.15, 0.2) is 0 Å². The van der Waals surface area contributed by atoms with E-state index in [9.17, 15) is 0 Å². The van der Waals surface area contributed by atoms with E-state index in [1.807, 2.05) is 6.08 Å². The van der Waals surface area contributed by atoms with Crippen molar-refractivity contribution in [3.63, 3.8) is 0 Å². The Morgan fingerprint density at radius 1 is 1.21 bits per heavy atom. The van der Waals surface area contributed by atoms with Crippen LogP contribution in [-0.4, -0.2) is 6.54 Å². The summed E-state index contributed by atoms with van der Waals surface area (Å²) in [6.45, 7) is 7.27. The lowest BCUT2D eigenvalue weighted by Crippen LogP contribution is -2.12. The molecule has 0 fully saturated rings. The molecule has 0 aliphatic carbocycles. The highest BCUT2D eigenvalue weighted by molar-refractivity contribution is 5.55. The molecule has 0 bridgehead atoms. The van der Waals surface area contributed by atoms with Gasteiger partial charge in [-0.1, -0.05) is 57.2 Å². The molecule has 0 aliphatic rings. The van der Waals surface area contributed by atoms with Crippen molar-refractivity contribution in [2.45, 2.75) is 26.2 Å². The predicted octanol–water partition coefficient (Wildman–Crippen LogP) is 2.96. The van der Waals surface area contributed by atoms with E-state index < -0.39 is 0 Å². The minimum Gasteiger partial charge on any atom is -0.327 e. The fraction of sp³-hybridized carbons (Fsp3) is 0.385. The van der Waals surface area contributed by atoms with Gasteiger partial charge in [0.05, 0.1) is 0 Å². The molecule has 1 rings (SSSR count). The Hall–Kier alpha value is -1.08. The Labute approximate surface area is 86.6 Å². The molecule has 14 heavy (non-hydrogen) atoms. The van der Waals surface area contributed by atoms with Gasteiger partial charge < -0.3 is 5.73 Å². The van der Waals surface area contributed by atoms with E-state index >= 15 is 0 Å². The van der Waals surface area contributed by atoms with E-state index in [0.717, 1.165) is 0 Å². The minimum absolute atomic E-state index is 0.190. The first-order valence-electron chi connectivity index (χ1n) is 5.02. The molecule has 0 aromatic heterocycles. The van der Waals surface area contributed by atoms with E-state index in [0.29, 0.717) is 6.54 Å². The lowest BCUT2D eigenvalue weighted by molar-refractivity contribution is 0.589. The molecule has 1 aromatic carbocycles. The molecular formula is C13H19N. The molecule has 0 radical (unpaired) electrons. The first-order chi connectivity index (χ1) is 6.55. The van der Waals surface area contributed by atoms with Gasteiger partial charge in [-0.25, -0.2) is 0 Å². The van der Waals surface area contributed by atoms with Crippen LogP contribution in [0, 0.1) is 0 Å². The van der Waals surface area contributed by atoms with Crippen LogP contribution < -0.4 is 5.73 Å². The molecule has 0 aliphatic heterocycles. The molecule has 0 spiro atoms. The molecule has 0 unspecified atom stereocenters. The summed E-state index contributed by atoms with van der Waals surface area (Å²) in [5, 5.41) is 0. The van der Waals surface area contributed by atoms with E-state index in [1.54, 1.807) is 0 Å². The van der Waals surface area contributed by atoms with Crippen molar-refractivity contribution in [3.05, 3.63) is 41.5 Å². The third kappa shape index (κ3) is 2.71. The highest BCUT2D eigenvalue weighted by Gasteiger charge is 2.15. The third-order valence-corrected chi connectivity index (χ3v) is 2.20. The zero-order chi connectivity index (χ0) is 10.6. The molecule has 2 N–H and O–H groups in total. The fourth-order valence-corrected chi connectivity index (χ4v) is 1.52. The first-order valence-corrected chi connectivity index (χ1v) is 5.02. The minimum atomic E-state index is 0.190. The van der Waals surface area contributed by atoms with Gasteiger partial charge in [-0.15, -0.1) is 0 Å². The van der Waals surface area contributed by atoms with Crippen molar-refractivity contribution in [2.24, 2.45) is 5.73 Å².